The number of halogens is 1. The first-order valence-corrected chi connectivity index (χ1v) is 8.34. The van der Waals surface area contributed by atoms with Crippen LogP contribution in [0.1, 0.15) is 32.6 Å². The molecule has 4 rings (SSSR count). The summed E-state index contributed by atoms with van der Waals surface area (Å²) in [5.41, 5.74) is 0.0873. The van der Waals surface area contributed by atoms with Crippen molar-refractivity contribution in [3.63, 3.8) is 0 Å². The minimum absolute atomic E-state index is 0. The van der Waals surface area contributed by atoms with E-state index in [1.54, 1.807) is 12.1 Å². The number of nitrogens with one attached hydrogen (secondary N) is 1. The molecular weight excluding hydrogens is 330 g/mol. The summed E-state index contributed by atoms with van der Waals surface area (Å²) in [6.07, 6.45) is 4.82. The molecule has 2 aliphatic heterocycles. The summed E-state index contributed by atoms with van der Waals surface area (Å²) in [4.78, 5) is 11.9. The van der Waals surface area contributed by atoms with Crippen LogP contribution in [0.2, 0.25) is 0 Å². The van der Waals surface area contributed by atoms with Gasteiger partial charge in [-0.25, -0.2) is 4.79 Å². The average molecular weight is 352 g/mol. The molecule has 6 heteroatoms. The lowest BCUT2D eigenvalue weighted by Crippen LogP contribution is -2.42. The second-order valence-corrected chi connectivity index (χ2v) is 6.38. The lowest BCUT2D eigenvalue weighted by molar-refractivity contribution is 0.137. The van der Waals surface area contributed by atoms with E-state index >= 15 is 0 Å². The van der Waals surface area contributed by atoms with Gasteiger partial charge in [-0.2, -0.15) is 0 Å². The van der Waals surface area contributed by atoms with E-state index in [1.807, 2.05) is 19.1 Å². The average Bonchev–Trinajstić information content (AvgIpc) is 2.87. The van der Waals surface area contributed by atoms with Crippen molar-refractivity contribution in [2.75, 3.05) is 6.61 Å². The lowest BCUT2D eigenvalue weighted by atomic mass is 10.0. The maximum absolute atomic E-state index is 11.9. The van der Waals surface area contributed by atoms with Crippen LogP contribution in [0.15, 0.2) is 33.5 Å². The van der Waals surface area contributed by atoms with Crippen molar-refractivity contribution in [1.29, 1.82) is 0 Å². The summed E-state index contributed by atoms with van der Waals surface area (Å²) in [7, 11) is 0. The highest BCUT2D eigenvalue weighted by molar-refractivity contribution is 5.85. The van der Waals surface area contributed by atoms with E-state index in [4.69, 9.17) is 13.9 Å². The number of piperidine rings is 1. The van der Waals surface area contributed by atoms with E-state index in [0.29, 0.717) is 24.3 Å². The minimum atomic E-state index is -0.448. The highest BCUT2D eigenvalue weighted by Gasteiger charge is 2.34. The lowest BCUT2D eigenvalue weighted by Gasteiger charge is -2.29. The van der Waals surface area contributed by atoms with Crippen LogP contribution in [-0.2, 0) is 0 Å². The number of hydrogen-bond acceptors (Lipinski definition) is 5. The van der Waals surface area contributed by atoms with E-state index in [2.05, 4.69) is 5.32 Å². The van der Waals surface area contributed by atoms with E-state index in [-0.39, 0.29) is 24.3 Å². The van der Waals surface area contributed by atoms with Gasteiger partial charge >= 0.3 is 5.63 Å². The highest BCUT2D eigenvalue weighted by atomic mass is 35.5. The standard InChI is InChI=1S/C18H21NO4.ClH/c1-2-21-17-7-11-3-6-14(10-16(11)23-18(17)20)22-15-8-12-4-5-13(9-15)19-12;/h3,6-7,10,12-13,15,19H,2,4-5,8-9H2,1H3;1H/t12-,13-;/m1./s1. The fourth-order valence-corrected chi connectivity index (χ4v) is 3.70. The number of hydrogen-bond donors (Lipinski definition) is 1. The Bertz CT molecular complexity index is 763. The zero-order valence-electron chi connectivity index (χ0n) is 13.6. The topological polar surface area (TPSA) is 60.7 Å². The summed E-state index contributed by atoms with van der Waals surface area (Å²) < 4.78 is 16.8. The summed E-state index contributed by atoms with van der Waals surface area (Å²) in [6, 6.07) is 8.54. The molecule has 1 N–H and O–H groups in total. The fraction of sp³-hybridized carbons (Fsp3) is 0.500. The number of fused-ring (bicyclic) bond motifs is 3. The van der Waals surface area contributed by atoms with Gasteiger partial charge in [0.15, 0.2) is 0 Å². The maximum atomic E-state index is 11.9. The molecule has 1 aromatic carbocycles. The van der Waals surface area contributed by atoms with Crippen molar-refractivity contribution >= 4 is 23.4 Å². The van der Waals surface area contributed by atoms with E-state index in [1.165, 1.54) is 12.8 Å². The summed E-state index contributed by atoms with van der Waals surface area (Å²) in [5.74, 6) is 1.01. The Morgan fingerprint density at radius 3 is 2.67 bits per heavy atom. The zero-order chi connectivity index (χ0) is 15.8. The first kappa shape index (κ1) is 17.1. The van der Waals surface area contributed by atoms with Crippen molar-refractivity contribution in [3.05, 3.63) is 34.7 Å². The predicted molar refractivity (Wildman–Crippen MR) is 94.5 cm³/mol. The largest absolute Gasteiger partial charge is 0.490 e. The second kappa shape index (κ2) is 7.03. The van der Waals surface area contributed by atoms with Crippen LogP contribution in [0.25, 0.3) is 11.0 Å². The van der Waals surface area contributed by atoms with Gasteiger partial charge in [-0.05, 0) is 50.8 Å². The third-order valence-electron chi connectivity index (χ3n) is 4.71. The summed E-state index contributed by atoms with van der Waals surface area (Å²) in [6.45, 7) is 2.28. The van der Waals surface area contributed by atoms with E-state index in [0.717, 1.165) is 24.0 Å². The van der Waals surface area contributed by atoms with Crippen molar-refractivity contribution in [2.45, 2.75) is 50.8 Å². The third kappa shape index (κ3) is 3.37. The predicted octanol–water partition coefficient (Wildman–Crippen LogP) is 3.28. The minimum Gasteiger partial charge on any atom is -0.490 e. The van der Waals surface area contributed by atoms with Crippen LogP contribution in [0.4, 0.5) is 0 Å². The molecule has 2 fully saturated rings. The van der Waals surface area contributed by atoms with Gasteiger partial charge in [0, 0.05) is 23.5 Å². The number of ether oxygens (including phenoxy) is 2. The maximum Gasteiger partial charge on any atom is 0.379 e. The van der Waals surface area contributed by atoms with Crippen molar-refractivity contribution in [3.8, 4) is 11.5 Å². The first-order valence-electron chi connectivity index (χ1n) is 8.34. The van der Waals surface area contributed by atoms with Crippen molar-refractivity contribution < 1.29 is 13.9 Å². The quantitative estimate of drug-likeness (QED) is 0.856. The van der Waals surface area contributed by atoms with Crippen LogP contribution in [-0.4, -0.2) is 24.8 Å². The molecule has 0 aliphatic carbocycles. The molecule has 0 radical (unpaired) electrons. The molecule has 0 amide bonds. The molecule has 2 aliphatic rings. The highest BCUT2D eigenvalue weighted by Crippen LogP contribution is 2.30. The molecule has 0 spiro atoms. The molecule has 1 aromatic heterocycles. The monoisotopic (exact) mass is 351 g/mol. The Hall–Kier alpha value is -1.72. The van der Waals surface area contributed by atoms with Gasteiger partial charge in [0.1, 0.15) is 17.4 Å². The Balaban J connectivity index is 0.00000169. The molecular formula is C18H22ClNO4. The Labute approximate surface area is 146 Å². The normalized spacial score (nSPS) is 25.3. The number of benzene rings is 1. The molecule has 3 heterocycles. The molecule has 24 heavy (non-hydrogen) atoms. The second-order valence-electron chi connectivity index (χ2n) is 6.38. The molecule has 5 nitrogen and oxygen atoms in total. The first-order chi connectivity index (χ1) is 11.2. The number of rotatable bonds is 4. The van der Waals surface area contributed by atoms with Crippen LogP contribution >= 0.6 is 12.4 Å². The van der Waals surface area contributed by atoms with Gasteiger partial charge < -0.3 is 19.2 Å². The van der Waals surface area contributed by atoms with Gasteiger partial charge in [0.25, 0.3) is 0 Å². The van der Waals surface area contributed by atoms with Crippen molar-refractivity contribution in [1.82, 2.24) is 5.32 Å². The van der Waals surface area contributed by atoms with Gasteiger partial charge in [0.2, 0.25) is 5.75 Å². The Morgan fingerprint density at radius 1 is 1.21 bits per heavy atom. The summed E-state index contributed by atoms with van der Waals surface area (Å²) >= 11 is 0. The molecule has 0 unspecified atom stereocenters. The molecule has 130 valence electrons. The van der Waals surface area contributed by atoms with Crippen LogP contribution in [0, 0.1) is 0 Å². The summed E-state index contributed by atoms with van der Waals surface area (Å²) in [5, 5.41) is 4.45. The molecule has 2 bridgehead atoms. The van der Waals surface area contributed by atoms with Crippen LogP contribution < -0.4 is 20.4 Å². The molecule has 2 aromatic rings. The van der Waals surface area contributed by atoms with E-state index < -0.39 is 5.63 Å². The zero-order valence-corrected chi connectivity index (χ0v) is 14.4. The SMILES string of the molecule is CCOc1cc2ccc(OC3C[C@H]4CC[C@H](C3)N4)cc2oc1=O.Cl. The Kier molecular flexibility index (Phi) is 5.01. The van der Waals surface area contributed by atoms with Crippen molar-refractivity contribution in [2.24, 2.45) is 0 Å². The molecule has 2 saturated heterocycles. The van der Waals surface area contributed by atoms with Gasteiger partial charge in [0.05, 0.1) is 6.61 Å². The fourth-order valence-electron chi connectivity index (χ4n) is 3.70. The third-order valence-corrected chi connectivity index (χ3v) is 4.71. The van der Waals surface area contributed by atoms with Gasteiger partial charge in [-0.1, -0.05) is 0 Å². The van der Waals surface area contributed by atoms with Gasteiger partial charge in [-0.3, -0.25) is 0 Å². The van der Waals surface area contributed by atoms with Crippen LogP contribution in [0.3, 0.4) is 0 Å². The van der Waals surface area contributed by atoms with Gasteiger partial charge in [-0.15, -0.1) is 12.4 Å². The Morgan fingerprint density at radius 2 is 1.96 bits per heavy atom. The molecule has 0 saturated carbocycles. The molecule has 2 atom stereocenters. The smallest absolute Gasteiger partial charge is 0.379 e. The van der Waals surface area contributed by atoms with E-state index in [9.17, 15) is 4.79 Å². The van der Waals surface area contributed by atoms with Crippen LogP contribution in [0.5, 0.6) is 11.5 Å².